The zero-order valence-electron chi connectivity index (χ0n) is 15.9. The molecule has 1 spiro atoms. The van der Waals surface area contributed by atoms with Gasteiger partial charge in [0, 0.05) is 22.5 Å². The number of carbonyl (C=O) groups is 2. The molecule has 0 aromatic rings. The highest BCUT2D eigenvalue weighted by Gasteiger charge is 2.52. The highest BCUT2D eigenvalue weighted by atomic mass is 79.9. The molecule has 28 heavy (non-hydrogen) atoms. The second kappa shape index (κ2) is 8.00. The van der Waals surface area contributed by atoms with Crippen molar-refractivity contribution in [3.05, 3.63) is 35.1 Å². The number of amides is 1. The summed E-state index contributed by atoms with van der Waals surface area (Å²) in [5.74, 6) is -1.17. The summed E-state index contributed by atoms with van der Waals surface area (Å²) in [7, 11) is 1.40. The Morgan fingerprint density at radius 1 is 1.36 bits per heavy atom. The zero-order valence-corrected chi connectivity index (χ0v) is 17.5. The number of nitrogens with zero attached hydrogens (tertiary/aromatic N) is 1. The number of hydrogen-bond acceptors (Lipinski definition) is 6. The fourth-order valence-electron chi connectivity index (χ4n) is 3.98. The van der Waals surface area contributed by atoms with E-state index in [-0.39, 0.29) is 16.7 Å². The molecule has 3 fully saturated rings. The molecule has 2 aliphatic carbocycles. The molecule has 7 nitrogen and oxygen atoms in total. The topological polar surface area (TPSA) is 77.1 Å². The molecule has 0 radical (unpaired) electrons. The summed E-state index contributed by atoms with van der Waals surface area (Å²) in [6, 6.07) is -0.467. The van der Waals surface area contributed by atoms with Crippen LogP contribution in [-0.2, 0) is 23.8 Å². The van der Waals surface area contributed by atoms with E-state index in [0.717, 1.165) is 25.0 Å². The lowest BCUT2D eigenvalue weighted by atomic mass is 10.1. The Morgan fingerprint density at radius 2 is 2.11 bits per heavy atom. The van der Waals surface area contributed by atoms with Gasteiger partial charge >= 0.3 is 5.97 Å². The first-order chi connectivity index (χ1) is 13.5. The molecule has 1 amide bonds. The first-order valence-corrected chi connectivity index (χ1v) is 10.6. The van der Waals surface area contributed by atoms with Gasteiger partial charge in [0.05, 0.1) is 33.4 Å². The minimum Gasteiger partial charge on any atom is -0.467 e. The zero-order chi connectivity index (χ0) is 19.7. The second-order valence-electron chi connectivity index (χ2n) is 7.48. The number of hydrogen-bond donors (Lipinski definition) is 1. The van der Waals surface area contributed by atoms with E-state index < -0.39 is 11.8 Å². The van der Waals surface area contributed by atoms with E-state index in [2.05, 4.69) is 21.2 Å². The Labute approximate surface area is 172 Å². The average Bonchev–Trinajstić information content (AvgIpc) is 3.33. The first-order valence-electron chi connectivity index (χ1n) is 9.65. The van der Waals surface area contributed by atoms with Crippen molar-refractivity contribution >= 4 is 27.8 Å². The van der Waals surface area contributed by atoms with Gasteiger partial charge in [0.25, 0.3) is 5.91 Å². The summed E-state index contributed by atoms with van der Waals surface area (Å²) in [5.41, 5.74) is 2.91. The maximum absolute atomic E-state index is 12.6. The van der Waals surface area contributed by atoms with Crippen LogP contribution in [0.2, 0.25) is 0 Å². The molecular weight excluding hydrogens is 428 g/mol. The molecule has 8 heteroatoms. The molecule has 1 saturated carbocycles. The second-order valence-corrected chi connectivity index (χ2v) is 8.66. The number of likely N-dealkylation sites (tertiary alicyclic amines) is 1. The maximum atomic E-state index is 12.6. The van der Waals surface area contributed by atoms with E-state index in [1.165, 1.54) is 12.7 Å². The minimum absolute atomic E-state index is 0.105. The normalized spacial score (nSPS) is 27.7. The van der Waals surface area contributed by atoms with E-state index in [9.17, 15) is 9.59 Å². The van der Waals surface area contributed by atoms with Crippen LogP contribution in [0.5, 0.6) is 0 Å². The van der Waals surface area contributed by atoms with Gasteiger partial charge in [-0.15, -0.1) is 0 Å². The number of allylic oxidation sites excluding steroid dienone is 3. The standard InChI is InChI=1S/C20H25BrN2O5/c1-26-19(25)16-10-20(27-8-9-28-20)12-23(16)17(13-2-3-13)11-22-18(24)14-4-6-15(21)7-5-14/h4-6,15-16H,2-3,7-12H2,1H3,(H,22,24)/t15?,16-/m0/s1. The number of ether oxygens (including phenoxy) is 3. The third-order valence-corrected chi connectivity index (χ3v) is 6.24. The van der Waals surface area contributed by atoms with Crippen molar-refractivity contribution in [1.29, 1.82) is 0 Å². The van der Waals surface area contributed by atoms with Crippen LogP contribution in [0.1, 0.15) is 25.7 Å². The number of rotatable bonds is 5. The van der Waals surface area contributed by atoms with Crippen LogP contribution in [0.25, 0.3) is 0 Å². The van der Waals surface area contributed by atoms with Crippen molar-refractivity contribution < 1.29 is 23.8 Å². The molecule has 2 atom stereocenters. The summed E-state index contributed by atoms with van der Waals surface area (Å²) in [5, 5.41) is 3.01. The highest BCUT2D eigenvalue weighted by molar-refractivity contribution is 9.09. The Hall–Kier alpha value is -1.64. The highest BCUT2D eigenvalue weighted by Crippen LogP contribution is 2.41. The van der Waals surface area contributed by atoms with Crippen LogP contribution in [-0.4, -0.2) is 66.8 Å². The van der Waals surface area contributed by atoms with Crippen LogP contribution < -0.4 is 5.32 Å². The number of halogens is 1. The molecule has 2 aliphatic heterocycles. The first kappa shape index (κ1) is 19.7. The van der Waals surface area contributed by atoms with Gasteiger partial charge in [-0.1, -0.05) is 34.2 Å². The lowest BCUT2D eigenvalue weighted by molar-refractivity contribution is -0.152. The van der Waals surface area contributed by atoms with Gasteiger partial charge in [-0.25, -0.2) is 4.79 Å². The van der Waals surface area contributed by atoms with Gasteiger partial charge in [-0.05, 0) is 24.8 Å². The van der Waals surface area contributed by atoms with E-state index in [0.29, 0.717) is 38.3 Å². The fraction of sp³-hybridized carbons (Fsp3) is 0.600. The van der Waals surface area contributed by atoms with E-state index in [4.69, 9.17) is 14.2 Å². The molecule has 2 heterocycles. The predicted octanol–water partition coefficient (Wildman–Crippen LogP) is 1.79. The fourth-order valence-corrected chi connectivity index (χ4v) is 4.32. The lowest BCUT2D eigenvalue weighted by Crippen LogP contribution is -2.41. The van der Waals surface area contributed by atoms with Crippen molar-refractivity contribution in [3.63, 3.8) is 0 Å². The number of methoxy groups -OCH3 is 1. The molecule has 4 rings (SSSR count). The van der Waals surface area contributed by atoms with Gasteiger partial charge in [0.1, 0.15) is 6.04 Å². The molecule has 0 bridgehead atoms. The third kappa shape index (κ3) is 4.04. The molecule has 4 aliphatic rings. The number of alkyl halides is 1. The summed E-state index contributed by atoms with van der Waals surface area (Å²) >= 11 is 3.51. The van der Waals surface area contributed by atoms with Crippen LogP contribution in [0.3, 0.4) is 0 Å². The van der Waals surface area contributed by atoms with Crippen molar-refractivity contribution in [2.24, 2.45) is 0 Å². The van der Waals surface area contributed by atoms with Crippen LogP contribution in [0.4, 0.5) is 0 Å². The number of carbonyl (C=O) groups excluding carboxylic acids is 2. The number of nitrogens with one attached hydrogen (secondary N) is 1. The lowest BCUT2D eigenvalue weighted by Gasteiger charge is -2.28. The predicted molar refractivity (Wildman–Crippen MR) is 106 cm³/mol. The molecule has 1 unspecified atom stereocenters. The Kier molecular flexibility index (Phi) is 5.62. The Bertz CT molecular complexity index is 748. The molecule has 0 aromatic heterocycles. The summed E-state index contributed by atoms with van der Waals surface area (Å²) in [6.07, 6.45) is 8.94. The Balaban J connectivity index is 1.48. The van der Waals surface area contributed by atoms with Crippen LogP contribution in [0.15, 0.2) is 35.1 Å². The van der Waals surface area contributed by atoms with Crippen molar-refractivity contribution in [2.75, 3.05) is 33.4 Å². The molecular formula is C20H25BrN2O5. The van der Waals surface area contributed by atoms with E-state index >= 15 is 0 Å². The third-order valence-electron chi connectivity index (χ3n) is 5.56. The van der Waals surface area contributed by atoms with Gasteiger partial charge in [-0.2, -0.15) is 0 Å². The van der Waals surface area contributed by atoms with Crippen molar-refractivity contribution in [1.82, 2.24) is 10.2 Å². The van der Waals surface area contributed by atoms with Gasteiger partial charge in [0.15, 0.2) is 5.79 Å². The smallest absolute Gasteiger partial charge is 0.328 e. The van der Waals surface area contributed by atoms with Gasteiger partial charge < -0.3 is 24.4 Å². The Morgan fingerprint density at radius 3 is 2.71 bits per heavy atom. The molecule has 2 saturated heterocycles. The van der Waals surface area contributed by atoms with Gasteiger partial charge in [0.2, 0.25) is 0 Å². The van der Waals surface area contributed by atoms with Gasteiger partial charge in [-0.3, -0.25) is 4.79 Å². The summed E-state index contributed by atoms with van der Waals surface area (Å²) in [6.45, 7) is 1.90. The van der Waals surface area contributed by atoms with E-state index in [1.807, 2.05) is 23.1 Å². The monoisotopic (exact) mass is 452 g/mol. The van der Waals surface area contributed by atoms with Crippen LogP contribution in [0, 0.1) is 0 Å². The minimum atomic E-state index is -0.761. The molecule has 0 aromatic carbocycles. The van der Waals surface area contributed by atoms with Crippen LogP contribution >= 0.6 is 15.9 Å². The largest absolute Gasteiger partial charge is 0.467 e. The quantitative estimate of drug-likeness (QED) is 0.506. The average molecular weight is 453 g/mol. The summed E-state index contributed by atoms with van der Waals surface area (Å²) in [4.78, 5) is 27.3. The van der Waals surface area contributed by atoms with E-state index in [1.54, 1.807) is 0 Å². The number of esters is 1. The van der Waals surface area contributed by atoms with Crippen molar-refractivity contribution in [3.8, 4) is 0 Å². The molecule has 1 N–H and O–H groups in total. The SMILES string of the molecule is COC(=O)[C@@H]1CC2(CN1C(CNC(=O)C1=CCC(Br)C=C1)=C1CC1)OCCO2. The van der Waals surface area contributed by atoms with Crippen molar-refractivity contribution in [2.45, 2.75) is 42.3 Å². The summed E-state index contributed by atoms with van der Waals surface area (Å²) < 4.78 is 16.7. The molecule has 152 valence electrons. The maximum Gasteiger partial charge on any atom is 0.328 e.